The summed E-state index contributed by atoms with van der Waals surface area (Å²) in [5.41, 5.74) is 1.17. The predicted octanol–water partition coefficient (Wildman–Crippen LogP) is 5.23. The van der Waals surface area contributed by atoms with E-state index in [1.165, 1.54) is 7.11 Å². The van der Waals surface area contributed by atoms with Crippen LogP contribution in [0.5, 0.6) is 5.75 Å². The van der Waals surface area contributed by atoms with E-state index in [2.05, 4.69) is 18.8 Å². The zero-order chi connectivity index (χ0) is 24.3. The first kappa shape index (κ1) is 24.9. The standard InChI is InChI=1S/C24H27ClF2N2O4/c1-5-33-19(31)12-15-21(29-8-6-24(2,3)7-9-29)20(18(13-30)28-23(15)25)14-10-16(26)22(32-4)17(27)11-14/h10-11,13H,5-9,12H2,1-4H3. The topological polar surface area (TPSA) is 68.7 Å². The number of aldehydes is 1. The van der Waals surface area contributed by atoms with Gasteiger partial charge in [-0.15, -0.1) is 0 Å². The van der Waals surface area contributed by atoms with Crippen LogP contribution in [-0.2, 0) is 16.0 Å². The minimum Gasteiger partial charge on any atom is -0.491 e. The molecule has 0 saturated carbocycles. The third-order valence-electron chi connectivity index (χ3n) is 5.91. The van der Waals surface area contributed by atoms with Gasteiger partial charge in [0, 0.05) is 24.2 Å². The van der Waals surface area contributed by atoms with Gasteiger partial charge in [-0.25, -0.2) is 13.8 Å². The summed E-state index contributed by atoms with van der Waals surface area (Å²) >= 11 is 6.43. The maximum atomic E-state index is 14.6. The van der Waals surface area contributed by atoms with Crippen LogP contribution in [0.25, 0.3) is 11.1 Å². The fraction of sp³-hybridized carbons (Fsp3) is 0.458. The maximum Gasteiger partial charge on any atom is 0.310 e. The summed E-state index contributed by atoms with van der Waals surface area (Å²) in [4.78, 5) is 30.5. The van der Waals surface area contributed by atoms with Crippen molar-refractivity contribution in [2.45, 2.75) is 40.0 Å². The average molecular weight is 481 g/mol. The first-order chi connectivity index (χ1) is 15.6. The maximum absolute atomic E-state index is 14.6. The largest absolute Gasteiger partial charge is 0.491 e. The summed E-state index contributed by atoms with van der Waals surface area (Å²) in [6.07, 6.45) is 1.98. The van der Waals surface area contributed by atoms with Gasteiger partial charge in [0.2, 0.25) is 0 Å². The Bertz CT molecular complexity index is 1040. The molecule has 2 aromatic rings. The summed E-state index contributed by atoms with van der Waals surface area (Å²) in [7, 11) is 1.17. The highest BCUT2D eigenvalue weighted by atomic mass is 35.5. The zero-order valence-corrected chi connectivity index (χ0v) is 19.9. The van der Waals surface area contributed by atoms with Crippen LogP contribution in [0.1, 0.15) is 49.7 Å². The van der Waals surface area contributed by atoms with Gasteiger partial charge in [-0.05, 0) is 42.9 Å². The molecule has 1 saturated heterocycles. The van der Waals surface area contributed by atoms with Crippen LogP contribution in [0, 0.1) is 17.0 Å². The molecule has 1 aliphatic rings. The number of esters is 1. The van der Waals surface area contributed by atoms with E-state index in [0.29, 0.717) is 30.6 Å². The molecule has 1 fully saturated rings. The lowest BCUT2D eigenvalue weighted by Crippen LogP contribution is -2.38. The molecule has 9 heteroatoms. The quantitative estimate of drug-likeness (QED) is 0.307. The van der Waals surface area contributed by atoms with Gasteiger partial charge in [-0.1, -0.05) is 25.4 Å². The number of aromatic nitrogens is 1. The second kappa shape index (κ2) is 10.0. The molecular weight excluding hydrogens is 454 g/mol. The Morgan fingerprint density at radius 3 is 2.36 bits per heavy atom. The van der Waals surface area contributed by atoms with Crippen molar-refractivity contribution in [3.8, 4) is 16.9 Å². The lowest BCUT2D eigenvalue weighted by Gasteiger charge is -2.40. The molecule has 3 rings (SSSR count). The van der Waals surface area contributed by atoms with E-state index < -0.39 is 23.4 Å². The molecule has 0 radical (unpaired) electrons. The molecule has 2 heterocycles. The minimum atomic E-state index is -0.919. The third-order valence-corrected chi connectivity index (χ3v) is 6.22. The van der Waals surface area contributed by atoms with Gasteiger partial charge in [0.15, 0.2) is 23.7 Å². The first-order valence-corrected chi connectivity index (χ1v) is 11.1. The number of carbonyl (C=O) groups is 2. The monoisotopic (exact) mass is 480 g/mol. The zero-order valence-electron chi connectivity index (χ0n) is 19.1. The van der Waals surface area contributed by atoms with Crippen LogP contribution in [0.2, 0.25) is 5.15 Å². The van der Waals surface area contributed by atoms with Crippen molar-refractivity contribution in [3.63, 3.8) is 0 Å². The van der Waals surface area contributed by atoms with E-state index in [1.54, 1.807) is 6.92 Å². The summed E-state index contributed by atoms with van der Waals surface area (Å²) in [6, 6.07) is 2.18. The van der Waals surface area contributed by atoms with E-state index >= 15 is 0 Å². The van der Waals surface area contributed by atoms with Gasteiger partial charge < -0.3 is 14.4 Å². The second-order valence-corrected chi connectivity index (χ2v) is 9.07. The summed E-state index contributed by atoms with van der Waals surface area (Å²) in [5.74, 6) is -2.88. The van der Waals surface area contributed by atoms with Crippen LogP contribution in [0.3, 0.4) is 0 Å². The molecule has 1 aliphatic heterocycles. The van der Waals surface area contributed by atoms with Crippen molar-refractivity contribution < 1.29 is 27.8 Å². The number of halogens is 3. The SMILES string of the molecule is CCOC(=O)Cc1c(Cl)nc(C=O)c(-c2cc(F)c(OC)c(F)c2)c1N1CCC(C)(C)CC1. The Hall–Kier alpha value is -2.74. The number of ether oxygens (including phenoxy) is 2. The Morgan fingerprint density at radius 2 is 1.85 bits per heavy atom. The van der Waals surface area contributed by atoms with Crippen LogP contribution in [0.4, 0.5) is 14.5 Å². The number of hydrogen-bond acceptors (Lipinski definition) is 6. The fourth-order valence-electron chi connectivity index (χ4n) is 4.07. The molecule has 33 heavy (non-hydrogen) atoms. The Balaban J connectivity index is 2.28. The molecule has 0 aliphatic carbocycles. The van der Waals surface area contributed by atoms with Gasteiger partial charge in [0.1, 0.15) is 10.8 Å². The summed E-state index contributed by atoms with van der Waals surface area (Å²) < 4.78 is 39.1. The highest BCUT2D eigenvalue weighted by Gasteiger charge is 2.32. The van der Waals surface area contributed by atoms with Crippen molar-refractivity contribution in [2.75, 3.05) is 31.7 Å². The smallest absolute Gasteiger partial charge is 0.310 e. The fourth-order valence-corrected chi connectivity index (χ4v) is 4.31. The molecular formula is C24H27ClF2N2O4. The summed E-state index contributed by atoms with van der Waals surface area (Å²) in [6.45, 7) is 7.41. The number of benzene rings is 1. The van der Waals surface area contributed by atoms with Gasteiger partial charge in [-0.3, -0.25) is 9.59 Å². The van der Waals surface area contributed by atoms with E-state index in [0.717, 1.165) is 25.0 Å². The molecule has 1 aromatic heterocycles. The molecule has 0 spiro atoms. The van der Waals surface area contributed by atoms with Gasteiger partial charge >= 0.3 is 5.97 Å². The Kier molecular flexibility index (Phi) is 7.57. The molecule has 0 atom stereocenters. The number of methoxy groups -OCH3 is 1. The number of anilines is 1. The molecule has 0 bridgehead atoms. The van der Waals surface area contributed by atoms with Gasteiger partial charge in [0.25, 0.3) is 0 Å². The predicted molar refractivity (Wildman–Crippen MR) is 122 cm³/mol. The van der Waals surface area contributed by atoms with E-state index in [1.807, 2.05) is 4.90 Å². The first-order valence-electron chi connectivity index (χ1n) is 10.7. The van der Waals surface area contributed by atoms with Crippen LogP contribution in [-0.4, -0.2) is 44.0 Å². The Labute approximate surface area is 196 Å². The van der Waals surface area contributed by atoms with Gasteiger partial charge in [-0.2, -0.15) is 0 Å². The normalized spacial score (nSPS) is 15.3. The molecule has 178 valence electrons. The molecule has 6 nitrogen and oxygen atoms in total. The van der Waals surface area contributed by atoms with Crippen molar-refractivity contribution in [3.05, 3.63) is 40.2 Å². The lowest BCUT2D eigenvalue weighted by atomic mass is 9.82. The number of hydrogen-bond donors (Lipinski definition) is 0. The van der Waals surface area contributed by atoms with Crippen molar-refractivity contribution in [1.82, 2.24) is 4.98 Å². The average Bonchev–Trinajstić information content (AvgIpc) is 2.75. The molecule has 0 N–H and O–H groups in total. The Morgan fingerprint density at radius 1 is 1.24 bits per heavy atom. The lowest BCUT2D eigenvalue weighted by molar-refractivity contribution is -0.142. The number of pyridine rings is 1. The van der Waals surface area contributed by atoms with E-state index in [-0.39, 0.29) is 40.4 Å². The third kappa shape index (κ3) is 5.27. The van der Waals surface area contributed by atoms with Crippen LogP contribution < -0.4 is 9.64 Å². The minimum absolute atomic E-state index is 0.0248. The number of nitrogens with zero attached hydrogens (tertiary/aromatic N) is 2. The number of rotatable bonds is 7. The highest BCUT2D eigenvalue weighted by Crippen LogP contribution is 2.43. The summed E-state index contributed by atoms with van der Waals surface area (Å²) in [5, 5.41) is -0.0248. The van der Waals surface area contributed by atoms with Crippen molar-refractivity contribution in [2.24, 2.45) is 5.41 Å². The van der Waals surface area contributed by atoms with Gasteiger partial charge in [0.05, 0.1) is 25.8 Å². The van der Waals surface area contributed by atoms with Crippen LogP contribution >= 0.6 is 11.6 Å². The van der Waals surface area contributed by atoms with Crippen molar-refractivity contribution in [1.29, 1.82) is 0 Å². The highest BCUT2D eigenvalue weighted by molar-refractivity contribution is 6.31. The molecule has 0 amide bonds. The number of carbonyl (C=O) groups excluding carboxylic acids is 2. The van der Waals surface area contributed by atoms with Crippen LogP contribution in [0.15, 0.2) is 12.1 Å². The molecule has 1 aromatic carbocycles. The molecule has 0 unspecified atom stereocenters. The second-order valence-electron chi connectivity index (χ2n) is 8.71. The van der Waals surface area contributed by atoms with E-state index in [4.69, 9.17) is 21.1 Å². The van der Waals surface area contributed by atoms with Crippen molar-refractivity contribution >= 4 is 29.5 Å². The van der Waals surface area contributed by atoms with E-state index in [9.17, 15) is 18.4 Å². The number of piperidine rings is 1.